The predicted molar refractivity (Wildman–Crippen MR) is 85.3 cm³/mol. The molecule has 4 heteroatoms. The number of carbonyl (C=O) groups excluding carboxylic acids is 1. The molecule has 1 atom stereocenters. The number of benzene rings is 1. The topological polar surface area (TPSA) is 33.5 Å². The van der Waals surface area contributed by atoms with Crippen LogP contribution >= 0.6 is 0 Å². The summed E-state index contributed by atoms with van der Waals surface area (Å²) in [5.41, 5.74) is 3.22. The number of halogens is 1. The van der Waals surface area contributed by atoms with E-state index in [1.807, 2.05) is 32.0 Å². The summed E-state index contributed by atoms with van der Waals surface area (Å²) in [6.07, 6.45) is 5.02. The second-order valence-electron chi connectivity index (χ2n) is 5.76. The number of quaternary nitrogens is 1. The van der Waals surface area contributed by atoms with Crippen LogP contribution in [0.1, 0.15) is 43.7 Å². The predicted octanol–water partition coefficient (Wildman–Crippen LogP) is -0.659. The van der Waals surface area contributed by atoms with Crippen LogP contribution < -0.4 is 22.6 Å². The van der Waals surface area contributed by atoms with Crippen molar-refractivity contribution >= 4 is 11.6 Å². The van der Waals surface area contributed by atoms with Crippen molar-refractivity contribution in [1.82, 2.24) is 0 Å². The molecule has 3 nitrogen and oxygen atoms in total. The van der Waals surface area contributed by atoms with Crippen LogP contribution in [-0.4, -0.2) is 26.0 Å². The third kappa shape index (κ3) is 7.49. The minimum Gasteiger partial charge on any atom is -1.00 e. The van der Waals surface area contributed by atoms with Gasteiger partial charge in [0.2, 0.25) is 0 Å². The second kappa shape index (κ2) is 10.6. The average molecular weight is 313 g/mol. The molecule has 0 bridgehead atoms. The van der Waals surface area contributed by atoms with Crippen molar-refractivity contribution in [2.24, 2.45) is 0 Å². The van der Waals surface area contributed by atoms with Crippen molar-refractivity contribution in [3.05, 3.63) is 29.3 Å². The lowest BCUT2D eigenvalue weighted by Gasteiger charge is -2.15. The van der Waals surface area contributed by atoms with E-state index in [0.717, 1.165) is 23.4 Å². The molecule has 1 aromatic rings. The van der Waals surface area contributed by atoms with Crippen LogP contribution in [0.25, 0.3) is 0 Å². The zero-order valence-corrected chi connectivity index (χ0v) is 14.5. The van der Waals surface area contributed by atoms with Crippen LogP contribution in [0.3, 0.4) is 0 Å². The van der Waals surface area contributed by atoms with Gasteiger partial charge < -0.3 is 22.6 Å². The number of para-hydroxylation sites is 1. The maximum absolute atomic E-state index is 12.1. The minimum absolute atomic E-state index is 0. The van der Waals surface area contributed by atoms with E-state index >= 15 is 0 Å². The monoisotopic (exact) mass is 312 g/mol. The number of unbranched alkanes of at least 4 members (excludes halogenated alkanes) is 3. The summed E-state index contributed by atoms with van der Waals surface area (Å²) in [4.78, 5) is 13.4. The molecule has 1 amide bonds. The quantitative estimate of drug-likeness (QED) is 0.614. The number of hydrogen-bond donors (Lipinski definition) is 2. The molecule has 0 aliphatic heterocycles. The van der Waals surface area contributed by atoms with Gasteiger partial charge in [-0.3, -0.25) is 4.79 Å². The van der Waals surface area contributed by atoms with Gasteiger partial charge in [-0.15, -0.1) is 0 Å². The smallest absolute Gasteiger partial charge is 0.279 e. The summed E-state index contributed by atoms with van der Waals surface area (Å²) in [6, 6.07) is 6.08. The highest BCUT2D eigenvalue weighted by molar-refractivity contribution is 5.93. The van der Waals surface area contributed by atoms with E-state index < -0.39 is 0 Å². The van der Waals surface area contributed by atoms with Crippen molar-refractivity contribution in [3.63, 3.8) is 0 Å². The highest BCUT2D eigenvalue weighted by Crippen LogP contribution is 2.18. The fourth-order valence-corrected chi connectivity index (χ4v) is 2.41. The van der Waals surface area contributed by atoms with Crippen LogP contribution in [0.5, 0.6) is 0 Å². The van der Waals surface area contributed by atoms with Gasteiger partial charge in [-0.2, -0.15) is 0 Å². The lowest BCUT2D eigenvalue weighted by atomic mass is 10.1. The number of likely N-dealkylation sites (N-methyl/N-ethyl adjacent to an activating group) is 1. The molecule has 1 rings (SSSR count). The molecule has 0 aromatic heterocycles. The molecular weight excluding hydrogens is 284 g/mol. The molecule has 0 heterocycles. The molecule has 0 aliphatic rings. The number of aryl methyl sites for hydroxylation is 2. The molecule has 1 unspecified atom stereocenters. The third-order valence-electron chi connectivity index (χ3n) is 3.66. The molecule has 0 radical (unpaired) electrons. The van der Waals surface area contributed by atoms with Crippen LogP contribution in [0, 0.1) is 13.8 Å². The third-order valence-corrected chi connectivity index (χ3v) is 3.66. The van der Waals surface area contributed by atoms with E-state index in [1.165, 1.54) is 30.6 Å². The number of nitrogens with one attached hydrogen (secondary N) is 2. The number of hydrogen-bond acceptors (Lipinski definition) is 1. The highest BCUT2D eigenvalue weighted by atomic mass is 35.5. The summed E-state index contributed by atoms with van der Waals surface area (Å²) >= 11 is 0. The number of amides is 1. The number of rotatable bonds is 8. The molecule has 0 saturated heterocycles. The first-order valence-electron chi connectivity index (χ1n) is 7.72. The molecule has 0 aliphatic carbocycles. The second-order valence-corrected chi connectivity index (χ2v) is 5.76. The standard InChI is InChI=1S/C17H28N2O.ClH/c1-5-6-7-8-12-19(4)13-16(20)18-17-14(2)10-9-11-15(17)3;/h9-11H,5-8,12-13H2,1-4H3,(H,18,20);1H. The van der Waals surface area contributed by atoms with E-state index in [-0.39, 0.29) is 18.3 Å². The maximum atomic E-state index is 12.1. The Labute approximate surface area is 135 Å². The summed E-state index contributed by atoms with van der Waals surface area (Å²) in [5.74, 6) is 0.107. The van der Waals surface area contributed by atoms with E-state index in [0.29, 0.717) is 6.54 Å². The molecular formula is C17H29ClN2O. The van der Waals surface area contributed by atoms with Gasteiger partial charge in [-0.25, -0.2) is 0 Å². The largest absolute Gasteiger partial charge is 1.00 e. The van der Waals surface area contributed by atoms with Crippen molar-refractivity contribution in [3.8, 4) is 0 Å². The average Bonchev–Trinajstić information content (AvgIpc) is 2.39. The molecule has 0 fully saturated rings. The van der Waals surface area contributed by atoms with Gasteiger partial charge in [0.25, 0.3) is 5.91 Å². The van der Waals surface area contributed by atoms with Gasteiger partial charge in [0.1, 0.15) is 0 Å². The molecule has 2 N–H and O–H groups in total. The fourth-order valence-electron chi connectivity index (χ4n) is 2.41. The summed E-state index contributed by atoms with van der Waals surface area (Å²) in [6.45, 7) is 7.89. The molecule has 0 saturated carbocycles. The Hall–Kier alpha value is -1.06. The molecule has 21 heavy (non-hydrogen) atoms. The highest BCUT2D eigenvalue weighted by Gasteiger charge is 2.12. The first-order chi connectivity index (χ1) is 9.54. The SMILES string of the molecule is CCCCCC[NH+](C)CC(=O)Nc1c(C)cccc1C.[Cl-]. The first kappa shape index (κ1) is 19.9. The Bertz CT molecular complexity index is 415. The fraction of sp³-hybridized carbons (Fsp3) is 0.588. The van der Waals surface area contributed by atoms with Gasteiger partial charge in [0, 0.05) is 5.69 Å². The van der Waals surface area contributed by atoms with E-state index in [2.05, 4.69) is 19.3 Å². The Kier molecular flexibility index (Phi) is 10.1. The number of anilines is 1. The van der Waals surface area contributed by atoms with Crippen LogP contribution in [0.15, 0.2) is 18.2 Å². The van der Waals surface area contributed by atoms with Crippen molar-refractivity contribution in [2.75, 3.05) is 25.5 Å². The van der Waals surface area contributed by atoms with Crippen LogP contribution in [0.4, 0.5) is 5.69 Å². The molecule has 120 valence electrons. The van der Waals surface area contributed by atoms with Crippen molar-refractivity contribution in [1.29, 1.82) is 0 Å². The van der Waals surface area contributed by atoms with Gasteiger partial charge >= 0.3 is 0 Å². The summed E-state index contributed by atoms with van der Waals surface area (Å²) in [7, 11) is 2.09. The van der Waals surface area contributed by atoms with Crippen molar-refractivity contribution < 1.29 is 22.1 Å². The van der Waals surface area contributed by atoms with E-state index in [1.54, 1.807) is 0 Å². The van der Waals surface area contributed by atoms with Gasteiger partial charge in [0.15, 0.2) is 6.54 Å². The summed E-state index contributed by atoms with van der Waals surface area (Å²) < 4.78 is 0. The lowest BCUT2D eigenvalue weighted by molar-refractivity contribution is -0.871. The molecule has 1 aromatic carbocycles. The van der Waals surface area contributed by atoms with E-state index in [4.69, 9.17) is 0 Å². The summed E-state index contributed by atoms with van der Waals surface area (Å²) in [5, 5.41) is 3.05. The van der Waals surface area contributed by atoms with Crippen LogP contribution in [0.2, 0.25) is 0 Å². The Balaban J connectivity index is 0.00000400. The Morgan fingerprint density at radius 2 is 1.76 bits per heavy atom. The lowest BCUT2D eigenvalue weighted by Crippen LogP contribution is -3.10. The first-order valence-corrected chi connectivity index (χ1v) is 7.72. The maximum Gasteiger partial charge on any atom is 0.279 e. The Morgan fingerprint density at radius 3 is 2.33 bits per heavy atom. The van der Waals surface area contributed by atoms with Crippen LogP contribution in [-0.2, 0) is 4.79 Å². The number of carbonyl (C=O) groups is 1. The van der Waals surface area contributed by atoms with Gasteiger partial charge in [0.05, 0.1) is 13.6 Å². The normalized spacial score (nSPS) is 11.6. The minimum atomic E-state index is 0. The van der Waals surface area contributed by atoms with Gasteiger partial charge in [-0.05, 0) is 37.8 Å². The van der Waals surface area contributed by atoms with Crippen molar-refractivity contribution in [2.45, 2.75) is 46.5 Å². The zero-order chi connectivity index (χ0) is 15.0. The molecule has 0 spiro atoms. The zero-order valence-electron chi connectivity index (χ0n) is 13.8. The van der Waals surface area contributed by atoms with E-state index in [9.17, 15) is 4.79 Å². The Morgan fingerprint density at radius 1 is 1.14 bits per heavy atom. The van der Waals surface area contributed by atoms with Gasteiger partial charge in [-0.1, -0.05) is 38.0 Å².